The molecular formula is C11H12F5N3O2S. The quantitative estimate of drug-likeness (QED) is 0.787. The Kier molecular flexibility index (Phi) is 4.39. The van der Waals surface area contributed by atoms with Crippen LogP contribution < -0.4 is 0 Å². The van der Waals surface area contributed by atoms with E-state index in [-0.39, 0.29) is 13.0 Å². The molecule has 5 nitrogen and oxygen atoms in total. The minimum absolute atomic E-state index is 0.0875. The van der Waals surface area contributed by atoms with E-state index in [2.05, 4.69) is 9.97 Å². The number of aromatic nitrogens is 2. The second-order valence-corrected chi connectivity index (χ2v) is 6.75. The molecular weight excluding hydrogens is 333 g/mol. The van der Waals surface area contributed by atoms with Crippen molar-refractivity contribution >= 4 is 10.0 Å². The molecule has 1 aromatic rings. The van der Waals surface area contributed by atoms with Gasteiger partial charge in [0.25, 0.3) is 10.0 Å². The van der Waals surface area contributed by atoms with Crippen LogP contribution in [0.5, 0.6) is 0 Å². The SMILES string of the molecule is O=S(=O)(c1cnccn1)N1CCCC(C(F)(F)C(F)(F)F)C1. The summed E-state index contributed by atoms with van der Waals surface area (Å²) in [5, 5.41) is -0.481. The van der Waals surface area contributed by atoms with Crippen LogP contribution in [0.2, 0.25) is 0 Å². The highest BCUT2D eigenvalue weighted by Gasteiger charge is 2.62. The first-order valence-electron chi connectivity index (χ1n) is 6.27. The van der Waals surface area contributed by atoms with Gasteiger partial charge < -0.3 is 0 Å². The number of alkyl halides is 5. The van der Waals surface area contributed by atoms with E-state index in [0.717, 1.165) is 12.4 Å². The average molecular weight is 345 g/mol. The molecule has 124 valence electrons. The molecule has 2 rings (SSSR count). The number of sulfonamides is 1. The van der Waals surface area contributed by atoms with Crippen LogP contribution in [0.4, 0.5) is 22.0 Å². The van der Waals surface area contributed by atoms with Crippen LogP contribution in [0.1, 0.15) is 12.8 Å². The standard InChI is InChI=1S/C11H12F5N3O2S/c12-10(13,11(14,15)16)8-2-1-5-19(7-8)22(20,21)9-6-17-3-4-18-9/h3-4,6,8H,1-2,5,7H2. The van der Waals surface area contributed by atoms with Gasteiger partial charge >= 0.3 is 12.1 Å². The number of hydrogen-bond acceptors (Lipinski definition) is 4. The van der Waals surface area contributed by atoms with E-state index in [1.807, 2.05) is 0 Å². The third kappa shape index (κ3) is 3.05. The van der Waals surface area contributed by atoms with Crippen molar-refractivity contribution in [3.05, 3.63) is 18.6 Å². The van der Waals surface area contributed by atoms with Gasteiger partial charge in [-0.1, -0.05) is 0 Å². The van der Waals surface area contributed by atoms with Crippen LogP contribution in [0.3, 0.4) is 0 Å². The molecule has 0 aromatic carbocycles. The second kappa shape index (κ2) is 5.69. The summed E-state index contributed by atoms with van der Waals surface area (Å²) in [6, 6.07) is 0. The lowest BCUT2D eigenvalue weighted by Crippen LogP contribution is -2.51. The molecule has 0 bridgehead atoms. The zero-order chi connectivity index (χ0) is 16.6. The fourth-order valence-corrected chi connectivity index (χ4v) is 3.64. The summed E-state index contributed by atoms with van der Waals surface area (Å²) in [5.74, 6) is -7.06. The van der Waals surface area contributed by atoms with E-state index >= 15 is 0 Å². The largest absolute Gasteiger partial charge is 0.453 e. The zero-order valence-electron chi connectivity index (χ0n) is 11.1. The van der Waals surface area contributed by atoms with Gasteiger partial charge in [0, 0.05) is 31.4 Å². The summed E-state index contributed by atoms with van der Waals surface area (Å²) in [6.07, 6.45) is -2.97. The van der Waals surface area contributed by atoms with E-state index in [1.165, 1.54) is 6.20 Å². The molecule has 0 radical (unpaired) electrons. The molecule has 0 amide bonds. The maximum atomic E-state index is 13.4. The number of piperidine rings is 1. The third-order valence-electron chi connectivity index (χ3n) is 3.42. The van der Waals surface area contributed by atoms with E-state index < -0.39 is 46.0 Å². The molecule has 22 heavy (non-hydrogen) atoms. The lowest BCUT2D eigenvalue weighted by molar-refractivity contribution is -0.305. The predicted molar refractivity (Wildman–Crippen MR) is 64.5 cm³/mol. The minimum atomic E-state index is -5.71. The summed E-state index contributed by atoms with van der Waals surface area (Å²) in [5.41, 5.74) is 0. The number of hydrogen-bond donors (Lipinski definition) is 0. The highest BCUT2D eigenvalue weighted by atomic mass is 32.2. The van der Waals surface area contributed by atoms with E-state index in [4.69, 9.17) is 0 Å². The lowest BCUT2D eigenvalue weighted by Gasteiger charge is -2.36. The summed E-state index contributed by atoms with van der Waals surface area (Å²) in [7, 11) is -4.24. The predicted octanol–water partition coefficient (Wildman–Crippen LogP) is 2.07. The lowest BCUT2D eigenvalue weighted by atomic mass is 9.92. The van der Waals surface area contributed by atoms with Crippen molar-refractivity contribution in [2.24, 2.45) is 5.92 Å². The molecule has 0 aliphatic carbocycles. The second-order valence-electron chi connectivity index (χ2n) is 4.87. The van der Waals surface area contributed by atoms with Gasteiger partial charge in [0.15, 0.2) is 5.03 Å². The van der Waals surface area contributed by atoms with Crippen molar-refractivity contribution in [2.75, 3.05) is 13.1 Å². The fourth-order valence-electron chi connectivity index (χ4n) is 2.24. The number of rotatable bonds is 3. The zero-order valence-corrected chi connectivity index (χ0v) is 11.9. The Balaban J connectivity index is 2.25. The molecule has 0 spiro atoms. The maximum Gasteiger partial charge on any atom is 0.453 e. The van der Waals surface area contributed by atoms with Gasteiger partial charge in [0.2, 0.25) is 0 Å². The molecule has 0 saturated carbocycles. The highest BCUT2D eigenvalue weighted by molar-refractivity contribution is 7.89. The van der Waals surface area contributed by atoms with E-state index in [9.17, 15) is 30.4 Å². The van der Waals surface area contributed by atoms with Crippen molar-refractivity contribution in [1.29, 1.82) is 0 Å². The Morgan fingerprint density at radius 1 is 1.18 bits per heavy atom. The Morgan fingerprint density at radius 2 is 1.86 bits per heavy atom. The van der Waals surface area contributed by atoms with Gasteiger partial charge in [0.1, 0.15) is 0 Å². The topological polar surface area (TPSA) is 63.2 Å². The van der Waals surface area contributed by atoms with Crippen molar-refractivity contribution in [3.8, 4) is 0 Å². The van der Waals surface area contributed by atoms with Crippen LogP contribution in [0.15, 0.2) is 23.6 Å². The van der Waals surface area contributed by atoms with E-state index in [1.54, 1.807) is 0 Å². The van der Waals surface area contributed by atoms with Crippen molar-refractivity contribution in [2.45, 2.75) is 30.0 Å². The molecule has 1 aromatic heterocycles. The summed E-state index contributed by atoms with van der Waals surface area (Å²) < 4.78 is 89.1. The average Bonchev–Trinajstić information content (AvgIpc) is 2.47. The van der Waals surface area contributed by atoms with Gasteiger partial charge in [-0.3, -0.25) is 4.98 Å². The van der Waals surface area contributed by atoms with Gasteiger partial charge in [0.05, 0.1) is 6.20 Å². The van der Waals surface area contributed by atoms with Gasteiger partial charge in [-0.05, 0) is 12.8 Å². The molecule has 2 heterocycles. The molecule has 1 unspecified atom stereocenters. The number of halogens is 5. The highest BCUT2D eigenvalue weighted by Crippen LogP contribution is 2.44. The van der Waals surface area contributed by atoms with E-state index in [0.29, 0.717) is 4.31 Å². The molecule has 1 saturated heterocycles. The minimum Gasteiger partial charge on any atom is -0.260 e. The van der Waals surface area contributed by atoms with Gasteiger partial charge in [-0.2, -0.15) is 26.3 Å². The van der Waals surface area contributed by atoms with Gasteiger partial charge in [-0.25, -0.2) is 13.4 Å². The summed E-state index contributed by atoms with van der Waals surface area (Å²) in [4.78, 5) is 7.12. The Labute approximate surface area is 123 Å². The first-order chi connectivity index (χ1) is 10.1. The smallest absolute Gasteiger partial charge is 0.260 e. The van der Waals surface area contributed by atoms with Crippen molar-refractivity contribution in [3.63, 3.8) is 0 Å². The van der Waals surface area contributed by atoms with Crippen molar-refractivity contribution < 1.29 is 30.4 Å². The monoisotopic (exact) mass is 345 g/mol. The first kappa shape index (κ1) is 17.0. The third-order valence-corrected chi connectivity index (χ3v) is 5.17. The Hall–Kier alpha value is -1.36. The first-order valence-corrected chi connectivity index (χ1v) is 7.71. The normalized spacial score (nSPS) is 21.8. The number of nitrogens with zero attached hydrogens (tertiary/aromatic N) is 3. The van der Waals surface area contributed by atoms with Crippen LogP contribution in [0, 0.1) is 5.92 Å². The fraction of sp³-hybridized carbons (Fsp3) is 0.636. The van der Waals surface area contributed by atoms with Crippen LogP contribution in [-0.2, 0) is 10.0 Å². The van der Waals surface area contributed by atoms with Crippen LogP contribution >= 0.6 is 0 Å². The van der Waals surface area contributed by atoms with Crippen LogP contribution in [0.25, 0.3) is 0 Å². The molecule has 1 fully saturated rings. The van der Waals surface area contributed by atoms with Crippen molar-refractivity contribution in [1.82, 2.24) is 14.3 Å². The Bertz CT molecular complexity index is 620. The molecule has 0 N–H and O–H groups in total. The molecule has 1 aliphatic heterocycles. The molecule has 1 aliphatic rings. The maximum absolute atomic E-state index is 13.4. The van der Waals surface area contributed by atoms with Crippen LogP contribution in [-0.4, -0.2) is 47.9 Å². The summed E-state index contributed by atoms with van der Waals surface area (Å²) in [6.45, 7) is -1.05. The van der Waals surface area contributed by atoms with Gasteiger partial charge in [-0.15, -0.1) is 0 Å². The summed E-state index contributed by atoms with van der Waals surface area (Å²) >= 11 is 0. The Morgan fingerprint density at radius 3 is 2.41 bits per heavy atom. The molecule has 11 heteroatoms. The molecule has 1 atom stereocenters.